The van der Waals surface area contributed by atoms with E-state index in [2.05, 4.69) is 10.3 Å². The number of amides is 1. The number of nitrogens with zero attached hydrogens (tertiary/aromatic N) is 1. The second-order valence-electron chi connectivity index (χ2n) is 6.04. The number of para-hydroxylation sites is 1. The van der Waals surface area contributed by atoms with Gasteiger partial charge in [-0.3, -0.25) is 14.6 Å². The highest BCUT2D eigenvalue weighted by Crippen LogP contribution is 2.21. The minimum absolute atomic E-state index is 0.0308. The Labute approximate surface area is 163 Å². The summed E-state index contributed by atoms with van der Waals surface area (Å²) >= 11 is 0. The Morgan fingerprint density at radius 2 is 1.57 bits per heavy atom. The van der Waals surface area contributed by atoms with Gasteiger partial charge in [-0.25, -0.2) is 0 Å². The SMILES string of the molecule is CNC(=O)c1ccc(C(=O)CN=Cc2cccc(Oc3ccccc3)c2)cc1. The molecule has 0 radical (unpaired) electrons. The number of aliphatic imine (C=N–C) groups is 1. The maximum absolute atomic E-state index is 12.3. The monoisotopic (exact) mass is 372 g/mol. The Morgan fingerprint density at radius 1 is 0.893 bits per heavy atom. The Hall–Kier alpha value is -3.73. The summed E-state index contributed by atoms with van der Waals surface area (Å²) in [5.41, 5.74) is 1.87. The van der Waals surface area contributed by atoms with E-state index in [1.54, 1.807) is 37.5 Å². The molecular formula is C23H20N2O3. The zero-order valence-electron chi connectivity index (χ0n) is 15.5. The molecule has 0 spiro atoms. The lowest BCUT2D eigenvalue weighted by Crippen LogP contribution is -2.17. The van der Waals surface area contributed by atoms with E-state index in [1.165, 1.54) is 0 Å². The van der Waals surface area contributed by atoms with Crippen LogP contribution in [0, 0.1) is 0 Å². The van der Waals surface area contributed by atoms with Gasteiger partial charge in [-0.15, -0.1) is 0 Å². The highest BCUT2D eigenvalue weighted by Gasteiger charge is 2.07. The zero-order valence-corrected chi connectivity index (χ0v) is 15.5. The van der Waals surface area contributed by atoms with Crippen LogP contribution in [-0.4, -0.2) is 31.5 Å². The van der Waals surface area contributed by atoms with E-state index in [4.69, 9.17) is 4.74 Å². The third kappa shape index (κ3) is 5.14. The molecule has 0 aliphatic carbocycles. The first-order valence-electron chi connectivity index (χ1n) is 8.84. The molecule has 3 rings (SSSR count). The lowest BCUT2D eigenvalue weighted by atomic mass is 10.1. The number of carbonyl (C=O) groups is 2. The van der Waals surface area contributed by atoms with E-state index < -0.39 is 0 Å². The summed E-state index contributed by atoms with van der Waals surface area (Å²) < 4.78 is 5.79. The topological polar surface area (TPSA) is 67.8 Å². The number of ketones is 1. The average molecular weight is 372 g/mol. The van der Waals surface area contributed by atoms with Gasteiger partial charge in [0.25, 0.3) is 5.91 Å². The Bertz CT molecular complexity index is 980. The molecule has 140 valence electrons. The maximum atomic E-state index is 12.3. The standard InChI is InChI=1S/C23H20N2O3/c1-24-23(27)19-12-10-18(11-13-19)22(26)16-25-15-17-6-5-9-21(14-17)28-20-7-3-2-4-8-20/h2-15H,16H2,1H3,(H,24,27). The zero-order chi connectivity index (χ0) is 19.8. The van der Waals surface area contributed by atoms with E-state index in [0.29, 0.717) is 16.9 Å². The van der Waals surface area contributed by atoms with Crippen molar-refractivity contribution in [2.24, 2.45) is 4.99 Å². The van der Waals surface area contributed by atoms with Gasteiger partial charge >= 0.3 is 0 Å². The Morgan fingerprint density at radius 3 is 2.29 bits per heavy atom. The van der Waals surface area contributed by atoms with Crippen molar-refractivity contribution in [2.75, 3.05) is 13.6 Å². The summed E-state index contributed by atoms with van der Waals surface area (Å²) in [6, 6.07) is 23.5. The molecule has 5 nitrogen and oxygen atoms in total. The molecule has 0 aromatic heterocycles. The van der Waals surface area contributed by atoms with Crippen molar-refractivity contribution >= 4 is 17.9 Å². The summed E-state index contributed by atoms with van der Waals surface area (Å²) in [6.45, 7) is 0.0308. The van der Waals surface area contributed by atoms with Crippen LogP contribution in [0.5, 0.6) is 11.5 Å². The molecule has 0 aliphatic heterocycles. The largest absolute Gasteiger partial charge is 0.457 e. The molecule has 0 atom stereocenters. The van der Waals surface area contributed by atoms with E-state index >= 15 is 0 Å². The number of benzene rings is 3. The lowest BCUT2D eigenvalue weighted by Gasteiger charge is -2.05. The minimum atomic E-state index is -0.186. The van der Waals surface area contributed by atoms with Crippen molar-refractivity contribution in [3.63, 3.8) is 0 Å². The van der Waals surface area contributed by atoms with Crippen LogP contribution in [0.2, 0.25) is 0 Å². The molecule has 0 aliphatic rings. The molecule has 0 saturated carbocycles. The number of ether oxygens (including phenoxy) is 1. The van der Waals surface area contributed by atoms with E-state index in [9.17, 15) is 9.59 Å². The number of rotatable bonds is 7. The van der Waals surface area contributed by atoms with Crippen molar-refractivity contribution in [2.45, 2.75) is 0 Å². The summed E-state index contributed by atoms with van der Waals surface area (Å²) in [4.78, 5) is 28.0. The van der Waals surface area contributed by atoms with Gasteiger partial charge in [-0.2, -0.15) is 0 Å². The Balaban J connectivity index is 1.60. The smallest absolute Gasteiger partial charge is 0.251 e. The average Bonchev–Trinajstić information content (AvgIpc) is 2.74. The van der Waals surface area contributed by atoms with E-state index in [0.717, 1.165) is 11.3 Å². The fraction of sp³-hybridized carbons (Fsp3) is 0.0870. The molecule has 0 bridgehead atoms. The highest BCUT2D eigenvalue weighted by molar-refractivity contribution is 6.00. The van der Waals surface area contributed by atoms with Crippen LogP contribution in [0.4, 0.5) is 0 Å². The van der Waals surface area contributed by atoms with Crippen LogP contribution in [0.1, 0.15) is 26.3 Å². The number of hydrogen-bond acceptors (Lipinski definition) is 4. The number of Topliss-reactive ketones (excluding diaryl/α,β-unsaturated/α-hetero) is 1. The van der Waals surface area contributed by atoms with Crippen LogP contribution in [0.15, 0.2) is 83.9 Å². The summed E-state index contributed by atoms with van der Waals surface area (Å²) in [7, 11) is 1.57. The first-order chi connectivity index (χ1) is 13.7. The second-order valence-corrected chi connectivity index (χ2v) is 6.04. The van der Waals surface area contributed by atoms with Crippen LogP contribution in [-0.2, 0) is 0 Å². The molecule has 5 heteroatoms. The normalized spacial score (nSPS) is 10.6. The lowest BCUT2D eigenvalue weighted by molar-refractivity contribution is 0.0960. The molecule has 3 aromatic rings. The predicted molar refractivity (Wildman–Crippen MR) is 110 cm³/mol. The molecular weight excluding hydrogens is 352 g/mol. The summed E-state index contributed by atoms with van der Waals surface area (Å²) in [5.74, 6) is 1.16. The highest BCUT2D eigenvalue weighted by atomic mass is 16.5. The molecule has 0 unspecified atom stereocenters. The van der Waals surface area contributed by atoms with Gasteiger partial charge in [0, 0.05) is 24.4 Å². The summed E-state index contributed by atoms with van der Waals surface area (Å²) in [5, 5.41) is 2.54. The van der Waals surface area contributed by atoms with Crippen LogP contribution in [0.25, 0.3) is 0 Å². The van der Waals surface area contributed by atoms with Gasteiger partial charge in [0.05, 0.1) is 0 Å². The summed E-state index contributed by atoms with van der Waals surface area (Å²) in [6.07, 6.45) is 1.65. The first-order valence-corrected chi connectivity index (χ1v) is 8.84. The molecule has 0 heterocycles. The van der Waals surface area contributed by atoms with Gasteiger partial charge in [-0.1, -0.05) is 42.5 Å². The van der Waals surface area contributed by atoms with Crippen LogP contribution < -0.4 is 10.1 Å². The number of carbonyl (C=O) groups excluding carboxylic acids is 2. The van der Waals surface area contributed by atoms with E-state index in [-0.39, 0.29) is 18.2 Å². The fourth-order valence-electron chi connectivity index (χ4n) is 2.56. The molecule has 0 saturated heterocycles. The first kappa shape index (κ1) is 19.0. The van der Waals surface area contributed by atoms with Crippen LogP contribution in [0.3, 0.4) is 0 Å². The number of hydrogen-bond donors (Lipinski definition) is 1. The van der Waals surface area contributed by atoms with E-state index in [1.807, 2.05) is 54.6 Å². The van der Waals surface area contributed by atoms with Gasteiger partial charge < -0.3 is 10.1 Å². The van der Waals surface area contributed by atoms with Gasteiger partial charge in [0.2, 0.25) is 0 Å². The van der Waals surface area contributed by atoms with Crippen molar-refractivity contribution in [1.82, 2.24) is 5.32 Å². The van der Waals surface area contributed by atoms with Crippen molar-refractivity contribution in [1.29, 1.82) is 0 Å². The van der Waals surface area contributed by atoms with Crippen molar-refractivity contribution in [3.05, 3.63) is 95.6 Å². The van der Waals surface area contributed by atoms with Crippen LogP contribution >= 0.6 is 0 Å². The molecule has 0 fully saturated rings. The fourth-order valence-corrected chi connectivity index (χ4v) is 2.56. The quantitative estimate of drug-likeness (QED) is 0.501. The van der Waals surface area contributed by atoms with Gasteiger partial charge in [0.1, 0.15) is 18.0 Å². The Kier molecular flexibility index (Phi) is 6.31. The minimum Gasteiger partial charge on any atom is -0.457 e. The van der Waals surface area contributed by atoms with Crippen molar-refractivity contribution in [3.8, 4) is 11.5 Å². The van der Waals surface area contributed by atoms with Gasteiger partial charge in [0.15, 0.2) is 5.78 Å². The molecule has 1 amide bonds. The number of nitrogens with one attached hydrogen (secondary N) is 1. The van der Waals surface area contributed by atoms with Crippen molar-refractivity contribution < 1.29 is 14.3 Å². The maximum Gasteiger partial charge on any atom is 0.251 e. The molecule has 28 heavy (non-hydrogen) atoms. The van der Waals surface area contributed by atoms with Gasteiger partial charge in [-0.05, 0) is 42.0 Å². The molecule has 1 N–H and O–H groups in total. The third-order valence-corrected chi connectivity index (χ3v) is 4.01. The predicted octanol–water partition coefficient (Wildman–Crippen LogP) is 4.14. The third-order valence-electron chi connectivity index (χ3n) is 4.01. The second kappa shape index (κ2) is 9.28. The molecule has 3 aromatic carbocycles.